The molecule has 90 valence electrons. The van der Waals surface area contributed by atoms with Crippen LogP contribution in [0.4, 0.5) is 5.69 Å². The number of rotatable bonds is 1. The summed E-state index contributed by atoms with van der Waals surface area (Å²) in [7, 11) is 0. The van der Waals surface area contributed by atoms with E-state index in [1.165, 1.54) is 5.56 Å². The van der Waals surface area contributed by atoms with E-state index in [4.69, 9.17) is 0 Å². The molecule has 1 aliphatic heterocycles. The van der Waals surface area contributed by atoms with Gasteiger partial charge in [0.05, 0.1) is 0 Å². The van der Waals surface area contributed by atoms with Gasteiger partial charge in [0, 0.05) is 29.7 Å². The van der Waals surface area contributed by atoms with Crippen LogP contribution in [0.25, 0.3) is 0 Å². The predicted octanol–water partition coefficient (Wildman–Crippen LogP) is 2.67. The molecule has 2 heterocycles. The van der Waals surface area contributed by atoms with Gasteiger partial charge in [-0.25, -0.2) is 0 Å². The van der Waals surface area contributed by atoms with Crippen molar-refractivity contribution in [1.29, 1.82) is 0 Å². The van der Waals surface area contributed by atoms with Crippen LogP contribution in [-0.4, -0.2) is 16.9 Å². The molecule has 1 atom stereocenters. The van der Waals surface area contributed by atoms with Crippen LogP contribution in [0.1, 0.15) is 22.8 Å². The van der Waals surface area contributed by atoms with E-state index >= 15 is 0 Å². The second-order valence-corrected chi connectivity index (χ2v) is 4.59. The molecule has 0 bridgehead atoms. The third kappa shape index (κ3) is 1.68. The molecule has 0 fully saturated rings. The fraction of sp³-hybridized carbons (Fsp3) is 0.200. The number of fused-ring (bicyclic) bond motifs is 1. The first-order valence-corrected chi connectivity index (χ1v) is 6.09. The molecular formula is C15H14N2O. The Labute approximate surface area is 106 Å². The molecule has 0 saturated carbocycles. The van der Waals surface area contributed by atoms with Crippen LogP contribution < -0.4 is 4.90 Å². The van der Waals surface area contributed by atoms with Gasteiger partial charge in [0.2, 0.25) is 0 Å². The highest BCUT2D eigenvalue weighted by Crippen LogP contribution is 2.32. The van der Waals surface area contributed by atoms with Crippen molar-refractivity contribution >= 4 is 11.6 Å². The molecule has 1 aromatic carbocycles. The monoisotopic (exact) mass is 238 g/mol. The molecule has 3 heteroatoms. The summed E-state index contributed by atoms with van der Waals surface area (Å²) in [4.78, 5) is 18.3. The van der Waals surface area contributed by atoms with E-state index in [0.717, 1.165) is 12.1 Å². The second kappa shape index (κ2) is 4.26. The summed E-state index contributed by atoms with van der Waals surface area (Å²) in [6, 6.07) is 11.8. The average molecular weight is 238 g/mol. The van der Waals surface area contributed by atoms with Crippen molar-refractivity contribution in [3.05, 3.63) is 59.9 Å². The number of benzene rings is 1. The first-order valence-electron chi connectivity index (χ1n) is 6.09. The summed E-state index contributed by atoms with van der Waals surface area (Å²) in [5, 5.41) is 0. The van der Waals surface area contributed by atoms with Gasteiger partial charge in [-0.3, -0.25) is 9.78 Å². The number of carbonyl (C=O) groups excluding carboxylic acids is 1. The maximum Gasteiger partial charge on any atom is 0.258 e. The lowest BCUT2D eigenvalue weighted by Gasteiger charge is -2.22. The lowest BCUT2D eigenvalue weighted by atomic mass is 10.1. The van der Waals surface area contributed by atoms with Gasteiger partial charge in [0.1, 0.15) is 0 Å². The van der Waals surface area contributed by atoms with Crippen molar-refractivity contribution in [3.63, 3.8) is 0 Å². The smallest absolute Gasteiger partial charge is 0.258 e. The molecule has 1 aromatic heterocycles. The molecule has 0 spiro atoms. The van der Waals surface area contributed by atoms with Crippen molar-refractivity contribution in [2.75, 3.05) is 4.90 Å². The van der Waals surface area contributed by atoms with E-state index in [0.29, 0.717) is 5.56 Å². The fourth-order valence-electron chi connectivity index (χ4n) is 2.51. The summed E-state index contributed by atoms with van der Waals surface area (Å²) < 4.78 is 0. The van der Waals surface area contributed by atoms with Crippen LogP contribution in [0, 0.1) is 0 Å². The van der Waals surface area contributed by atoms with Crippen molar-refractivity contribution in [1.82, 2.24) is 4.98 Å². The molecule has 0 N–H and O–H groups in total. The first kappa shape index (κ1) is 11.0. The number of nitrogens with zero attached hydrogens (tertiary/aromatic N) is 2. The molecule has 0 saturated heterocycles. The molecule has 1 aliphatic rings. The van der Waals surface area contributed by atoms with E-state index < -0.39 is 0 Å². The van der Waals surface area contributed by atoms with Crippen molar-refractivity contribution < 1.29 is 4.79 Å². The minimum absolute atomic E-state index is 0.0508. The second-order valence-electron chi connectivity index (χ2n) is 4.59. The predicted molar refractivity (Wildman–Crippen MR) is 70.7 cm³/mol. The standard InChI is InChI=1S/C15H14N2O/c1-11-10-13-4-2-3-5-14(13)17(11)15(18)12-6-8-16-9-7-12/h2-9,11H,10H2,1H3/t11-/m0/s1. The van der Waals surface area contributed by atoms with Gasteiger partial charge in [-0.1, -0.05) is 18.2 Å². The number of hydrogen-bond acceptors (Lipinski definition) is 2. The van der Waals surface area contributed by atoms with Crippen molar-refractivity contribution in [3.8, 4) is 0 Å². The minimum Gasteiger partial charge on any atom is -0.305 e. The van der Waals surface area contributed by atoms with Crippen LogP contribution in [0.3, 0.4) is 0 Å². The van der Waals surface area contributed by atoms with Crippen LogP contribution in [0.2, 0.25) is 0 Å². The number of amides is 1. The van der Waals surface area contributed by atoms with Gasteiger partial charge in [-0.2, -0.15) is 0 Å². The summed E-state index contributed by atoms with van der Waals surface area (Å²) in [5.41, 5.74) is 2.97. The largest absolute Gasteiger partial charge is 0.305 e. The van der Waals surface area contributed by atoms with E-state index in [2.05, 4.69) is 18.0 Å². The van der Waals surface area contributed by atoms with E-state index in [1.807, 2.05) is 23.1 Å². The zero-order valence-electron chi connectivity index (χ0n) is 10.2. The molecule has 0 radical (unpaired) electrons. The quantitative estimate of drug-likeness (QED) is 0.765. The molecule has 0 aliphatic carbocycles. The number of aromatic nitrogens is 1. The maximum atomic E-state index is 12.5. The van der Waals surface area contributed by atoms with Gasteiger partial charge in [-0.05, 0) is 37.1 Å². The summed E-state index contributed by atoms with van der Waals surface area (Å²) in [5.74, 6) is 0.0508. The Hall–Kier alpha value is -2.16. The number of hydrogen-bond donors (Lipinski definition) is 0. The van der Waals surface area contributed by atoms with Crippen molar-refractivity contribution in [2.24, 2.45) is 0 Å². The highest BCUT2D eigenvalue weighted by molar-refractivity contribution is 6.07. The van der Waals surface area contributed by atoms with Crippen LogP contribution in [0.15, 0.2) is 48.8 Å². The first-order chi connectivity index (χ1) is 8.77. The zero-order chi connectivity index (χ0) is 12.5. The number of para-hydroxylation sites is 1. The van der Waals surface area contributed by atoms with Crippen LogP contribution in [-0.2, 0) is 6.42 Å². The third-order valence-electron chi connectivity index (χ3n) is 3.35. The number of anilines is 1. The molecule has 1 amide bonds. The maximum absolute atomic E-state index is 12.5. The normalized spacial score (nSPS) is 17.6. The highest BCUT2D eigenvalue weighted by atomic mass is 16.2. The molecule has 0 unspecified atom stereocenters. The lowest BCUT2D eigenvalue weighted by Crippen LogP contribution is -2.35. The van der Waals surface area contributed by atoms with Crippen LogP contribution in [0.5, 0.6) is 0 Å². The Morgan fingerprint density at radius 1 is 1.22 bits per heavy atom. The Morgan fingerprint density at radius 3 is 2.72 bits per heavy atom. The Bertz CT molecular complexity index is 580. The summed E-state index contributed by atoms with van der Waals surface area (Å²) in [6.07, 6.45) is 4.23. The van der Waals surface area contributed by atoms with E-state index in [9.17, 15) is 4.79 Å². The highest BCUT2D eigenvalue weighted by Gasteiger charge is 2.30. The lowest BCUT2D eigenvalue weighted by molar-refractivity contribution is 0.0981. The molecule has 18 heavy (non-hydrogen) atoms. The van der Waals surface area contributed by atoms with Gasteiger partial charge in [0.25, 0.3) is 5.91 Å². The molecule has 3 nitrogen and oxygen atoms in total. The topological polar surface area (TPSA) is 33.2 Å². The van der Waals surface area contributed by atoms with E-state index in [-0.39, 0.29) is 11.9 Å². The average Bonchev–Trinajstić information content (AvgIpc) is 2.75. The third-order valence-corrected chi connectivity index (χ3v) is 3.35. The van der Waals surface area contributed by atoms with Gasteiger partial charge < -0.3 is 4.90 Å². The Kier molecular flexibility index (Phi) is 2.59. The number of carbonyl (C=O) groups is 1. The van der Waals surface area contributed by atoms with Gasteiger partial charge in [0.15, 0.2) is 0 Å². The summed E-state index contributed by atoms with van der Waals surface area (Å²) in [6.45, 7) is 2.08. The van der Waals surface area contributed by atoms with Crippen molar-refractivity contribution in [2.45, 2.75) is 19.4 Å². The SMILES string of the molecule is C[C@H]1Cc2ccccc2N1C(=O)c1ccncc1. The molecular weight excluding hydrogens is 224 g/mol. The molecule has 2 aromatic rings. The minimum atomic E-state index is 0.0508. The fourth-order valence-corrected chi connectivity index (χ4v) is 2.51. The zero-order valence-corrected chi connectivity index (χ0v) is 10.2. The summed E-state index contributed by atoms with van der Waals surface area (Å²) >= 11 is 0. The molecule has 3 rings (SSSR count). The number of pyridine rings is 1. The van der Waals surface area contributed by atoms with Crippen LogP contribution >= 0.6 is 0 Å². The Morgan fingerprint density at radius 2 is 1.94 bits per heavy atom. The van der Waals surface area contributed by atoms with E-state index in [1.54, 1.807) is 24.5 Å². The van der Waals surface area contributed by atoms with Gasteiger partial charge >= 0.3 is 0 Å². The Balaban J connectivity index is 2.00. The van der Waals surface area contributed by atoms with Gasteiger partial charge in [-0.15, -0.1) is 0 Å².